The van der Waals surface area contributed by atoms with Gasteiger partial charge in [0.25, 0.3) is 0 Å². The van der Waals surface area contributed by atoms with Gasteiger partial charge in [-0.2, -0.15) is 0 Å². The SMILES string of the molecule is COC1CCCCC1Nc1c(Cl)ccc2scnc12. The van der Waals surface area contributed by atoms with E-state index in [-0.39, 0.29) is 6.10 Å². The number of anilines is 1. The molecule has 2 aromatic rings. The highest BCUT2D eigenvalue weighted by Gasteiger charge is 2.26. The van der Waals surface area contributed by atoms with E-state index in [9.17, 15) is 0 Å². The van der Waals surface area contributed by atoms with Crippen molar-refractivity contribution in [1.29, 1.82) is 0 Å². The summed E-state index contributed by atoms with van der Waals surface area (Å²) in [7, 11) is 1.79. The van der Waals surface area contributed by atoms with Gasteiger partial charge < -0.3 is 10.1 Å². The van der Waals surface area contributed by atoms with Gasteiger partial charge in [0.05, 0.1) is 33.1 Å². The third-order valence-corrected chi connectivity index (χ3v) is 4.90. The first-order valence-electron chi connectivity index (χ1n) is 6.60. The van der Waals surface area contributed by atoms with Gasteiger partial charge in [0.2, 0.25) is 0 Å². The number of ether oxygens (including phenoxy) is 1. The quantitative estimate of drug-likeness (QED) is 0.916. The lowest BCUT2D eigenvalue weighted by molar-refractivity contribution is 0.0606. The molecule has 0 saturated heterocycles. The molecule has 1 aromatic heterocycles. The van der Waals surface area contributed by atoms with E-state index in [2.05, 4.69) is 10.3 Å². The molecule has 19 heavy (non-hydrogen) atoms. The van der Waals surface area contributed by atoms with E-state index < -0.39 is 0 Å². The third kappa shape index (κ3) is 2.57. The lowest BCUT2D eigenvalue weighted by Gasteiger charge is -2.32. The van der Waals surface area contributed by atoms with E-state index in [1.165, 1.54) is 12.8 Å². The maximum absolute atomic E-state index is 6.33. The van der Waals surface area contributed by atoms with Crippen LogP contribution >= 0.6 is 22.9 Å². The average Bonchev–Trinajstić information content (AvgIpc) is 2.91. The largest absolute Gasteiger partial charge is 0.379 e. The van der Waals surface area contributed by atoms with Crippen LogP contribution in [0.3, 0.4) is 0 Å². The zero-order valence-corrected chi connectivity index (χ0v) is 12.4. The Bertz CT molecular complexity index is 572. The van der Waals surface area contributed by atoms with Crippen molar-refractivity contribution in [3.63, 3.8) is 0 Å². The van der Waals surface area contributed by atoms with Crippen molar-refractivity contribution in [3.05, 3.63) is 22.7 Å². The first-order valence-corrected chi connectivity index (χ1v) is 7.86. The summed E-state index contributed by atoms with van der Waals surface area (Å²) >= 11 is 7.97. The minimum absolute atomic E-state index is 0.263. The Morgan fingerprint density at radius 2 is 2.21 bits per heavy atom. The molecule has 0 radical (unpaired) electrons. The van der Waals surface area contributed by atoms with Gasteiger partial charge in [-0.05, 0) is 25.0 Å². The second-order valence-corrected chi connectivity index (χ2v) is 6.22. The van der Waals surface area contributed by atoms with Gasteiger partial charge in [0.1, 0.15) is 5.52 Å². The first kappa shape index (κ1) is 13.2. The predicted octanol–water partition coefficient (Wildman–Crippen LogP) is 4.32. The molecule has 0 bridgehead atoms. The van der Waals surface area contributed by atoms with E-state index in [1.54, 1.807) is 18.4 Å². The second kappa shape index (κ2) is 5.65. The monoisotopic (exact) mass is 296 g/mol. The van der Waals surface area contributed by atoms with Gasteiger partial charge in [0.15, 0.2) is 0 Å². The van der Waals surface area contributed by atoms with Crippen molar-refractivity contribution < 1.29 is 4.74 Å². The Balaban J connectivity index is 1.91. The van der Waals surface area contributed by atoms with Crippen molar-refractivity contribution in [1.82, 2.24) is 4.98 Å². The average molecular weight is 297 g/mol. The molecule has 5 heteroatoms. The zero-order chi connectivity index (χ0) is 13.2. The fraction of sp³-hybridized carbons (Fsp3) is 0.500. The molecule has 0 amide bonds. The number of aromatic nitrogens is 1. The molecular weight excluding hydrogens is 280 g/mol. The van der Waals surface area contributed by atoms with E-state index in [0.29, 0.717) is 6.04 Å². The number of methoxy groups -OCH3 is 1. The molecule has 1 aliphatic rings. The molecule has 1 saturated carbocycles. The van der Waals surface area contributed by atoms with E-state index in [0.717, 1.165) is 33.8 Å². The Morgan fingerprint density at radius 3 is 3.05 bits per heavy atom. The molecule has 1 aliphatic carbocycles. The fourth-order valence-electron chi connectivity index (χ4n) is 2.77. The summed E-state index contributed by atoms with van der Waals surface area (Å²) in [4.78, 5) is 4.43. The third-order valence-electron chi connectivity index (χ3n) is 3.79. The van der Waals surface area contributed by atoms with E-state index in [4.69, 9.17) is 16.3 Å². The number of rotatable bonds is 3. The molecule has 3 nitrogen and oxygen atoms in total. The molecule has 1 fully saturated rings. The molecule has 3 rings (SSSR count). The van der Waals surface area contributed by atoms with Crippen LogP contribution in [0.4, 0.5) is 5.69 Å². The van der Waals surface area contributed by atoms with Crippen LogP contribution in [0.15, 0.2) is 17.6 Å². The van der Waals surface area contributed by atoms with Crippen LogP contribution in [-0.2, 0) is 4.74 Å². The summed E-state index contributed by atoms with van der Waals surface area (Å²) in [5, 5.41) is 4.30. The molecule has 1 aromatic carbocycles. The van der Waals surface area contributed by atoms with Crippen molar-refractivity contribution in [2.75, 3.05) is 12.4 Å². The number of nitrogens with zero attached hydrogens (tertiary/aromatic N) is 1. The van der Waals surface area contributed by atoms with Crippen LogP contribution in [0.2, 0.25) is 5.02 Å². The maximum Gasteiger partial charge on any atom is 0.106 e. The van der Waals surface area contributed by atoms with Crippen LogP contribution in [0.25, 0.3) is 10.2 Å². The molecular formula is C14H17ClN2OS. The summed E-state index contributed by atoms with van der Waals surface area (Å²) in [5.74, 6) is 0. The summed E-state index contributed by atoms with van der Waals surface area (Å²) in [6.07, 6.45) is 4.97. The van der Waals surface area contributed by atoms with Gasteiger partial charge in [-0.1, -0.05) is 24.4 Å². The molecule has 1 heterocycles. The van der Waals surface area contributed by atoms with Gasteiger partial charge in [-0.15, -0.1) is 11.3 Å². The lowest BCUT2D eigenvalue weighted by Crippen LogP contribution is -2.37. The van der Waals surface area contributed by atoms with Crippen LogP contribution in [0, 0.1) is 0 Å². The number of hydrogen-bond acceptors (Lipinski definition) is 4. The summed E-state index contributed by atoms with van der Waals surface area (Å²) in [5.41, 5.74) is 3.79. The fourth-order valence-corrected chi connectivity index (χ4v) is 3.67. The van der Waals surface area contributed by atoms with Gasteiger partial charge in [-0.3, -0.25) is 0 Å². The van der Waals surface area contributed by atoms with Crippen LogP contribution < -0.4 is 5.32 Å². The number of nitrogens with one attached hydrogen (secondary N) is 1. The Kier molecular flexibility index (Phi) is 3.91. The Hall–Kier alpha value is -0.840. The molecule has 2 atom stereocenters. The number of halogens is 1. The van der Waals surface area contributed by atoms with Crippen molar-refractivity contribution in [2.45, 2.75) is 37.8 Å². The minimum atomic E-state index is 0.263. The van der Waals surface area contributed by atoms with Crippen LogP contribution in [0.5, 0.6) is 0 Å². The smallest absolute Gasteiger partial charge is 0.106 e. The minimum Gasteiger partial charge on any atom is -0.379 e. The van der Waals surface area contributed by atoms with Crippen LogP contribution in [0.1, 0.15) is 25.7 Å². The standard InChI is InChI=1S/C14H17ClN2OS/c1-18-11-5-3-2-4-10(11)17-13-9(15)6-7-12-14(13)16-8-19-12/h6-8,10-11,17H,2-5H2,1H3. The normalized spacial score (nSPS) is 23.7. The Labute approximate surface area is 121 Å². The first-order chi connectivity index (χ1) is 9.29. The zero-order valence-electron chi connectivity index (χ0n) is 10.9. The predicted molar refractivity (Wildman–Crippen MR) is 81.3 cm³/mol. The number of benzene rings is 1. The summed E-state index contributed by atoms with van der Waals surface area (Å²) in [6.45, 7) is 0. The van der Waals surface area contributed by atoms with Crippen LogP contribution in [-0.4, -0.2) is 24.2 Å². The van der Waals surface area contributed by atoms with Gasteiger partial charge >= 0.3 is 0 Å². The van der Waals surface area contributed by atoms with E-state index in [1.807, 2.05) is 17.6 Å². The van der Waals surface area contributed by atoms with Crippen molar-refractivity contribution in [2.24, 2.45) is 0 Å². The lowest BCUT2D eigenvalue weighted by atomic mass is 9.92. The summed E-state index contributed by atoms with van der Waals surface area (Å²) in [6, 6.07) is 4.29. The van der Waals surface area contributed by atoms with E-state index >= 15 is 0 Å². The molecule has 0 spiro atoms. The van der Waals surface area contributed by atoms with Crippen molar-refractivity contribution in [3.8, 4) is 0 Å². The summed E-state index contributed by atoms with van der Waals surface area (Å²) < 4.78 is 6.75. The van der Waals surface area contributed by atoms with Gasteiger partial charge in [0, 0.05) is 7.11 Å². The number of hydrogen-bond donors (Lipinski definition) is 1. The van der Waals surface area contributed by atoms with Crippen molar-refractivity contribution >= 4 is 38.8 Å². The molecule has 1 N–H and O–H groups in total. The molecule has 102 valence electrons. The number of thiazole rings is 1. The maximum atomic E-state index is 6.33. The second-order valence-electron chi connectivity index (χ2n) is 4.93. The highest BCUT2D eigenvalue weighted by atomic mass is 35.5. The van der Waals surface area contributed by atoms with Gasteiger partial charge in [-0.25, -0.2) is 4.98 Å². The molecule has 0 aliphatic heterocycles. The molecule has 2 unspecified atom stereocenters. The highest BCUT2D eigenvalue weighted by Crippen LogP contribution is 2.34. The topological polar surface area (TPSA) is 34.1 Å². The Morgan fingerprint density at radius 1 is 1.37 bits per heavy atom. The highest BCUT2D eigenvalue weighted by molar-refractivity contribution is 7.16. The number of fused-ring (bicyclic) bond motifs is 1.